The molecule has 1 aliphatic carbocycles. The Kier molecular flexibility index (Phi) is 4.99. The van der Waals surface area contributed by atoms with Crippen molar-refractivity contribution < 1.29 is 14.7 Å². The third-order valence-corrected chi connectivity index (χ3v) is 5.73. The number of carbonyl (C=O) groups excluding carboxylic acids is 1. The number of carboxylic acids is 1. The molecule has 0 bridgehead atoms. The van der Waals surface area contributed by atoms with Crippen molar-refractivity contribution in [1.29, 1.82) is 0 Å². The van der Waals surface area contributed by atoms with Gasteiger partial charge in [-0.2, -0.15) is 0 Å². The molecule has 2 aromatic heterocycles. The van der Waals surface area contributed by atoms with Crippen LogP contribution in [-0.2, 0) is 4.79 Å². The maximum atomic E-state index is 12.4. The third-order valence-electron chi connectivity index (χ3n) is 4.56. The summed E-state index contributed by atoms with van der Waals surface area (Å²) >= 11 is 1.38. The molecule has 6 nitrogen and oxygen atoms in total. The highest BCUT2D eigenvalue weighted by atomic mass is 32.1. The molecular weight excluding hydrogens is 326 g/mol. The second-order valence-corrected chi connectivity index (χ2v) is 7.24. The number of rotatable bonds is 5. The molecule has 0 aromatic carbocycles. The minimum atomic E-state index is -0.699. The van der Waals surface area contributed by atoms with E-state index in [9.17, 15) is 9.59 Å². The molecule has 0 spiro atoms. The average molecular weight is 347 g/mol. The molecule has 0 aliphatic heterocycles. The van der Waals surface area contributed by atoms with E-state index in [0.717, 1.165) is 23.7 Å². The Hall–Kier alpha value is -2.15. The van der Waals surface area contributed by atoms with Crippen LogP contribution in [0.2, 0.25) is 0 Å². The Bertz CT molecular complexity index is 716. The van der Waals surface area contributed by atoms with E-state index in [2.05, 4.69) is 10.3 Å². The molecule has 1 amide bonds. The van der Waals surface area contributed by atoms with E-state index in [1.54, 1.807) is 0 Å². The Morgan fingerprint density at radius 1 is 1.29 bits per heavy atom. The van der Waals surface area contributed by atoms with Crippen molar-refractivity contribution in [2.24, 2.45) is 11.8 Å². The largest absolute Gasteiger partial charge is 0.481 e. The number of carbonyl (C=O) groups is 2. The summed E-state index contributed by atoms with van der Waals surface area (Å²) < 4.78 is 1.89. The molecule has 128 valence electrons. The van der Waals surface area contributed by atoms with Gasteiger partial charge >= 0.3 is 5.97 Å². The minimum Gasteiger partial charge on any atom is -0.481 e. The van der Waals surface area contributed by atoms with Gasteiger partial charge in [-0.1, -0.05) is 11.3 Å². The molecule has 2 heterocycles. The Balaban J connectivity index is 1.55. The zero-order valence-corrected chi connectivity index (χ0v) is 14.4. The van der Waals surface area contributed by atoms with E-state index in [-0.39, 0.29) is 11.8 Å². The zero-order valence-electron chi connectivity index (χ0n) is 13.6. The predicted octanol–water partition coefficient (Wildman–Crippen LogP) is 2.86. The highest BCUT2D eigenvalue weighted by Crippen LogP contribution is 2.28. The van der Waals surface area contributed by atoms with E-state index in [1.165, 1.54) is 11.3 Å². The van der Waals surface area contributed by atoms with E-state index in [1.807, 2.05) is 36.0 Å². The number of nitrogens with one attached hydrogen (secondary N) is 1. The Morgan fingerprint density at radius 3 is 2.58 bits per heavy atom. The van der Waals surface area contributed by atoms with Crippen LogP contribution in [-0.4, -0.2) is 33.1 Å². The molecule has 0 unspecified atom stereocenters. The summed E-state index contributed by atoms with van der Waals surface area (Å²) in [7, 11) is 0. The van der Waals surface area contributed by atoms with Crippen molar-refractivity contribution in [2.75, 3.05) is 6.54 Å². The van der Waals surface area contributed by atoms with Crippen molar-refractivity contribution in [1.82, 2.24) is 14.9 Å². The first-order valence-corrected chi connectivity index (χ1v) is 8.98. The Morgan fingerprint density at radius 2 is 1.96 bits per heavy atom. The van der Waals surface area contributed by atoms with Gasteiger partial charge in [0, 0.05) is 18.9 Å². The Labute approximate surface area is 144 Å². The average Bonchev–Trinajstić information content (AvgIpc) is 3.22. The van der Waals surface area contributed by atoms with Gasteiger partial charge in [0.25, 0.3) is 5.91 Å². The maximum absolute atomic E-state index is 12.4. The van der Waals surface area contributed by atoms with E-state index in [4.69, 9.17) is 5.11 Å². The van der Waals surface area contributed by atoms with Crippen molar-refractivity contribution in [3.63, 3.8) is 0 Å². The van der Waals surface area contributed by atoms with Crippen LogP contribution < -0.4 is 5.32 Å². The van der Waals surface area contributed by atoms with Gasteiger partial charge in [-0.3, -0.25) is 9.59 Å². The molecule has 1 fully saturated rings. The summed E-state index contributed by atoms with van der Waals surface area (Å²) in [6, 6.07) is 3.84. The van der Waals surface area contributed by atoms with Gasteiger partial charge < -0.3 is 15.0 Å². The molecular formula is C17H21N3O3S. The van der Waals surface area contributed by atoms with E-state index < -0.39 is 5.97 Å². The number of aromatic nitrogens is 2. The lowest BCUT2D eigenvalue weighted by Crippen LogP contribution is -2.32. The van der Waals surface area contributed by atoms with Gasteiger partial charge in [-0.25, -0.2) is 4.98 Å². The molecule has 2 N–H and O–H groups in total. The molecule has 0 saturated heterocycles. The predicted molar refractivity (Wildman–Crippen MR) is 91.6 cm³/mol. The lowest BCUT2D eigenvalue weighted by Gasteiger charge is -2.26. The third kappa shape index (κ3) is 3.67. The van der Waals surface area contributed by atoms with E-state index >= 15 is 0 Å². The lowest BCUT2D eigenvalue weighted by molar-refractivity contribution is -0.143. The summed E-state index contributed by atoms with van der Waals surface area (Å²) in [6.07, 6.45) is 6.92. The van der Waals surface area contributed by atoms with Gasteiger partial charge in [0.1, 0.15) is 4.88 Å². The molecule has 2 aromatic rings. The molecule has 0 radical (unpaired) electrons. The van der Waals surface area contributed by atoms with Crippen LogP contribution in [0.4, 0.5) is 0 Å². The number of aryl methyl sites for hydroxylation is 1. The highest BCUT2D eigenvalue weighted by Gasteiger charge is 2.26. The first-order chi connectivity index (χ1) is 11.5. The molecule has 1 saturated carbocycles. The van der Waals surface area contributed by atoms with Crippen molar-refractivity contribution in [3.8, 4) is 5.13 Å². The van der Waals surface area contributed by atoms with Gasteiger partial charge in [-0.15, -0.1) is 0 Å². The summed E-state index contributed by atoms with van der Waals surface area (Å²) in [5.41, 5.74) is 0.732. The van der Waals surface area contributed by atoms with Crippen LogP contribution in [0.3, 0.4) is 0 Å². The number of nitrogens with zero attached hydrogens (tertiary/aromatic N) is 2. The van der Waals surface area contributed by atoms with Crippen molar-refractivity contribution >= 4 is 23.2 Å². The standard InChI is InChI=1S/C17H21N3O3S/c1-11-14(24-17(19-11)20-8-2-3-9-20)15(21)18-10-12-4-6-13(7-5-12)16(22)23/h2-3,8-9,12-13H,4-7,10H2,1H3,(H,18,21)(H,22,23). The quantitative estimate of drug-likeness (QED) is 0.871. The summed E-state index contributed by atoms with van der Waals surface area (Å²) in [4.78, 5) is 28.5. The van der Waals surface area contributed by atoms with Crippen LogP contribution in [0, 0.1) is 18.8 Å². The molecule has 3 rings (SSSR count). The fourth-order valence-corrected chi connectivity index (χ4v) is 4.05. The molecule has 0 atom stereocenters. The first kappa shape index (κ1) is 16.7. The molecule has 24 heavy (non-hydrogen) atoms. The first-order valence-electron chi connectivity index (χ1n) is 8.16. The summed E-state index contributed by atoms with van der Waals surface area (Å²) in [6.45, 7) is 2.44. The SMILES string of the molecule is Cc1nc(-n2cccc2)sc1C(=O)NCC1CCC(C(=O)O)CC1. The minimum absolute atomic E-state index is 0.0937. The van der Waals surface area contributed by atoms with E-state index in [0.29, 0.717) is 30.2 Å². The number of amides is 1. The fraction of sp³-hybridized carbons (Fsp3) is 0.471. The van der Waals surface area contributed by atoms with Gasteiger partial charge in [0.2, 0.25) is 0 Å². The van der Waals surface area contributed by atoms with Crippen LogP contribution in [0.1, 0.15) is 41.0 Å². The molecule has 7 heteroatoms. The van der Waals surface area contributed by atoms with Gasteiger partial charge in [0.05, 0.1) is 11.6 Å². The molecule has 1 aliphatic rings. The highest BCUT2D eigenvalue weighted by molar-refractivity contribution is 7.16. The number of carboxylic acid groups (broad SMARTS) is 1. The monoisotopic (exact) mass is 347 g/mol. The number of aliphatic carboxylic acids is 1. The number of thiazole rings is 1. The maximum Gasteiger partial charge on any atom is 0.306 e. The zero-order chi connectivity index (χ0) is 17.1. The van der Waals surface area contributed by atoms with Crippen LogP contribution in [0.15, 0.2) is 24.5 Å². The van der Waals surface area contributed by atoms with Gasteiger partial charge in [0.15, 0.2) is 5.13 Å². The van der Waals surface area contributed by atoms with Crippen LogP contribution >= 0.6 is 11.3 Å². The normalized spacial score (nSPS) is 20.7. The summed E-state index contributed by atoms with van der Waals surface area (Å²) in [5.74, 6) is -0.648. The second kappa shape index (κ2) is 7.17. The van der Waals surface area contributed by atoms with Crippen molar-refractivity contribution in [3.05, 3.63) is 35.1 Å². The summed E-state index contributed by atoms with van der Waals surface area (Å²) in [5, 5.41) is 12.8. The van der Waals surface area contributed by atoms with Crippen LogP contribution in [0.5, 0.6) is 0 Å². The number of hydrogen-bond donors (Lipinski definition) is 2. The fourth-order valence-electron chi connectivity index (χ4n) is 3.10. The second-order valence-electron chi connectivity index (χ2n) is 6.27. The lowest BCUT2D eigenvalue weighted by atomic mass is 9.82. The van der Waals surface area contributed by atoms with Crippen molar-refractivity contribution in [2.45, 2.75) is 32.6 Å². The van der Waals surface area contributed by atoms with Gasteiger partial charge in [-0.05, 0) is 50.7 Å². The topological polar surface area (TPSA) is 84.2 Å². The smallest absolute Gasteiger partial charge is 0.306 e. The number of hydrogen-bond acceptors (Lipinski definition) is 4. The van der Waals surface area contributed by atoms with Crippen LogP contribution in [0.25, 0.3) is 5.13 Å².